The van der Waals surface area contributed by atoms with Gasteiger partial charge in [0.05, 0.1) is 17.3 Å². The molecular formula is C22H28N8O. The molecule has 1 aromatic carbocycles. The van der Waals surface area contributed by atoms with Crippen LogP contribution in [-0.4, -0.2) is 83.9 Å². The zero-order valence-electron chi connectivity index (χ0n) is 18.1. The monoisotopic (exact) mass is 420 g/mol. The first-order valence-corrected chi connectivity index (χ1v) is 10.3. The van der Waals surface area contributed by atoms with Gasteiger partial charge in [-0.25, -0.2) is 4.79 Å². The molecule has 0 radical (unpaired) electrons. The quantitative estimate of drug-likeness (QED) is 0.696. The second kappa shape index (κ2) is 8.67. The predicted octanol–water partition coefficient (Wildman–Crippen LogP) is 1.16. The molecule has 2 aliphatic rings. The molecule has 1 aromatic heterocycles. The molecule has 0 amide bonds. The molecule has 1 fully saturated rings. The third-order valence-corrected chi connectivity index (χ3v) is 5.58. The molecule has 0 spiro atoms. The summed E-state index contributed by atoms with van der Waals surface area (Å²) >= 11 is 0. The number of hydrogen-bond acceptors (Lipinski definition) is 8. The number of benzene rings is 1. The number of nitrogens with one attached hydrogen (secondary N) is 1. The second-order valence-corrected chi connectivity index (χ2v) is 8.02. The summed E-state index contributed by atoms with van der Waals surface area (Å²) in [4.78, 5) is 22.7. The van der Waals surface area contributed by atoms with Gasteiger partial charge in [-0.05, 0) is 37.4 Å². The molecule has 2 heterocycles. The highest BCUT2D eigenvalue weighted by Gasteiger charge is 2.23. The molecule has 3 N–H and O–H groups in total. The van der Waals surface area contributed by atoms with Crippen molar-refractivity contribution < 1.29 is 4.79 Å². The summed E-state index contributed by atoms with van der Waals surface area (Å²) in [6.07, 6.45) is 5.90. The van der Waals surface area contributed by atoms with Crippen LogP contribution in [0, 0.1) is 0 Å². The number of nitrogens with zero attached hydrogens (tertiary/aromatic N) is 6. The maximum Gasteiger partial charge on any atom is 0.241 e. The summed E-state index contributed by atoms with van der Waals surface area (Å²) in [7, 11) is 6.08. The van der Waals surface area contributed by atoms with Crippen molar-refractivity contribution in [2.75, 3.05) is 63.3 Å². The molecule has 162 valence electrons. The van der Waals surface area contributed by atoms with Gasteiger partial charge in [-0.1, -0.05) is 12.1 Å². The Bertz CT molecular complexity index is 1060. The molecule has 9 heteroatoms. The third-order valence-electron chi connectivity index (χ3n) is 5.58. The van der Waals surface area contributed by atoms with Crippen LogP contribution in [0.15, 0.2) is 53.8 Å². The Labute approximate surface area is 182 Å². The van der Waals surface area contributed by atoms with E-state index in [4.69, 9.17) is 5.73 Å². The zero-order valence-corrected chi connectivity index (χ0v) is 18.1. The molecule has 1 unspecified atom stereocenters. The van der Waals surface area contributed by atoms with Crippen molar-refractivity contribution in [1.82, 2.24) is 24.6 Å². The molecular weight excluding hydrogens is 392 g/mol. The van der Waals surface area contributed by atoms with E-state index in [0.717, 1.165) is 43.3 Å². The smallest absolute Gasteiger partial charge is 0.241 e. The number of carbonyl (C=O) groups excluding carboxylic acids is 1. The van der Waals surface area contributed by atoms with Gasteiger partial charge in [-0.2, -0.15) is 9.67 Å². The standard InChI is InChI=1S/C22H28N8O/c1-27(2)17-5-4-6-19(14-17)30-22(25-21(23)26-30)24-20-8-7-18(13-16(20)15-31)29-11-9-28(3)10-12-29/h4-8,13-14,20H,9-12H2,1-3H3,(H3,23,24,25,26). The highest BCUT2D eigenvalue weighted by atomic mass is 16.1. The lowest BCUT2D eigenvalue weighted by Crippen LogP contribution is -2.44. The van der Waals surface area contributed by atoms with Crippen molar-refractivity contribution in [3.05, 3.63) is 53.8 Å². The summed E-state index contributed by atoms with van der Waals surface area (Å²) in [5.41, 5.74) is 9.30. The minimum Gasteiger partial charge on any atom is -0.378 e. The molecule has 1 aliphatic heterocycles. The van der Waals surface area contributed by atoms with Gasteiger partial charge in [-0.3, -0.25) is 0 Å². The number of allylic oxidation sites excluding steroid dienone is 1. The highest BCUT2D eigenvalue weighted by Crippen LogP contribution is 2.24. The molecule has 0 saturated carbocycles. The van der Waals surface area contributed by atoms with Crippen molar-refractivity contribution in [1.29, 1.82) is 0 Å². The Morgan fingerprint density at radius 3 is 2.71 bits per heavy atom. The maximum absolute atomic E-state index is 11.7. The molecule has 1 atom stereocenters. The lowest BCUT2D eigenvalue weighted by molar-refractivity contribution is 0.190. The Balaban J connectivity index is 1.56. The molecule has 31 heavy (non-hydrogen) atoms. The van der Waals surface area contributed by atoms with E-state index in [9.17, 15) is 4.79 Å². The average molecular weight is 421 g/mol. The number of aromatic nitrogens is 3. The van der Waals surface area contributed by atoms with Gasteiger partial charge < -0.3 is 25.8 Å². The largest absolute Gasteiger partial charge is 0.378 e. The van der Waals surface area contributed by atoms with Crippen LogP contribution in [0.5, 0.6) is 0 Å². The van der Waals surface area contributed by atoms with Gasteiger partial charge >= 0.3 is 0 Å². The van der Waals surface area contributed by atoms with Gasteiger partial charge in [-0.15, -0.1) is 5.10 Å². The minimum atomic E-state index is -0.368. The molecule has 0 bridgehead atoms. The first kappa shape index (κ1) is 20.7. The van der Waals surface area contributed by atoms with E-state index in [-0.39, 0.29) is 12.0 Å². The number of rotatable bonds is 5. The maximum atomic E-state index is 11.7. The molecule has 1 aliphatic carbocycles. The molecule has 9 nitrogen and oxygen atoms in total. The lowest BCUT2D eigenvalue weighted by atomic mass is 10.0. The van der Waals surface area contributed by atoms with Crippen LogP contribution in [0.1, 0.15) is 0 Å². The van der Waals surface area contributed by atoms with Crippen molar-refractivity contribution in [3.8, 4) is 5.69 Å². The van der Waals surface area contributed by atoms with Crippen molar-refractivity contribution >= 4 is 23.5 Å². The van der Waals surface area contributed by atoms with E-state index in [0.29, 0.717) is 11.5 Å². The Hall–Kier alpha value is -3.55. The number of piperazine rings is 1. The first-order chi connectivity index (χ1) is 14.9. The fourth-order valence-corrected chi connectivity index (χ4v) is 3.72. The normalized spacial score (nSPS) is 19.2. The first-order valence-electron chi connectivity index (χ1n) is 10.3. The summed E-state index contributed by atoms with van der Waals surface area (Å²) in [6.45, 7) is 3.87. The van der Waals surface area contributed by atoms with Gasteiger partial charge in [0.2, 0.25) is 11.9 Å². The highest BCUT2D eigenvalue weighted by molar-refractivity contribution is 5.66. The number of hydrogen-bond donors (Lipinski definition) is 2. The third kappa shape index (κ3) is 4.47. The fourth-order valence-electron chi connectivity index (χ4n) is 3.72. The average Bonchev–Trinajstić information content (AvgIpc) is 3.14. The van der Waals surface area contributed by atoms with Gasteiger partial charge in [0.25, 0.3) is 0 Å². The predicted molar refractivity (Wildman–Crippen MR) is 123 cm³/mol. The number of nitrogens with two attached hydrogens (primary N) is 1. The van der Waals surface area contributed by atoms with Crippen molar-refractivity contribution in [2.45, 2.75) is 6.04 Å². The van der Waals surface area contributed by atoms with Crippen LogP contribution in [-0.2, 0) is 4.79 Å². The van der Waals surface area contributed by atoms with Crippen molar-refractivity contribution in [2.24, 2.45) is 0 Å². The van der Waals surface area contributed by atoms with E-state index >= 15 is 0 Å². The minimum absolute atomic E-state index is 0.155. The van der Waals surface area contributed by atoms with Gasteiger partial charge in [0.1, 0.15) is 5.94 Å². The van der Waals surface area contributed by atoms with Crippen LogP contribution in [0.3, 0.4) is 0 Å². The Morgan fingerprint density at radius 2 is 2.00 bits per heavy atom. The zero-order chi connectivity index (χ0) is 22.0. The van der Waals surface area contributed by atoms with Crippen LogP contribution >= 0.6 is 0 Å². The summed E-state index contributed by atoms with van der Waals surface area (Å²) < 4.78 is 1.65. The van der Waals surface area contributed by atoms with E-state index in [2.05, 4.69) is 38.2 Å². The molecule has 2 aromatic rings. The van der Waals surface area contributed by atoms with Crippen LogP contribution in [0.4, 0.5) is 17.6 Å². The Morgan fingerprint density at radius 1 is 1.23 bits per heavy atom. The summed E-state index contributed by atoms with van der Waals surface area (Å²) in [6, 6.07) is 7.53. The summed E-state index contributed by atoms with van der Waals surface area (Å²) in [5, 5.41) is 7.62. The van der Waals surface area contributed by atoms with E-state index in [1.54, 1.807) is 4.68 Å². The van der Waals surface area contributed by atoms with Gasteiger partial charge in [0, 0.05) is 51.7 Å². The molecule has 1 saturated heterocycles. The SMILES string of the molecule is CN1CCN(C2=CC(=C=O)C(Nc3nc(N)nn3-c3cccc(N(C)C)c3)C=C2)CC1. The fraction of sp³-hybridized carbons (Fsp3) is 0.364. The topological polar surface area (TPSA) is 95.5 Å². The van der Waals surface area contributed by atoms with Crippen LogP contribution in [0.2, 0.25) is 0 Å². The number of nitrogen functional groups attached to an aromatic ring is 1. The van der Waals surface area contributed by atoms with Crippen LogP contribution in [0.25, 0.3) is 5.69 Å². The summed E-state index contributed by atoms with van der Waals surface area (Å²) in [5.74, 6) is 2.71. The number of likely N-dealkylation sites (N-methyl/N-ethyl adjacent to an activating group) is 1. The van der Waals surface area contributed by atoms with E-state index in [1.807, 2.05) is 61.5 Å². The van der Waals surface area contributed by atoms with Crippen molar-refractivity contribution in [3.63, 3.8) is 0 Å². The van der Waals surface area contributed by atoms with Gasteiger partial charge in [0.15, 0.2) is 0 Å². The Kier molecular flexibility index (Phi) is 5.79. The van der Waals surface area contributed by atoms with Crippen LogP contribution < -0.4 is 16.0 Å². The molecule has 4 rings (SSSR count). The van der Waals surface area contributed by atoms with E-state index < -0.39 is 0 Å². The second-order valence-electron chi connectivity index (χ2n) is 8.02. The number of anilines is 3. The lowest BCUT2D eigenvalue weighted by Gasteiger charge is -2.35. The van der Waals surface area contributed by atoms with E-state index in [1.165, 1.54) is 0 Å².